The van der Waals surface area contributed by atoms with Crippen molar-refractivity contribution in [1.82, 2.24) is 15.3 Å². The molecule has 2 atom stereocenters. The Morgan fingerprint density at radius 3 is 2.65 bits per heavy atom. The second kappa shape index (κ2) is 9.10. The number of hydrogen-bond donors (Lipinski definition) is 3. The fourth-order valence-electron chi connectivity index (χ4n) is 3.05. The maximum atomic E-state index is 14.7. The van der Waals surface area contributed by atoms with Crippen molar-refractivity contribution in [2.24, 2.45) is 4.99 Å². The van der Waals surface area contributed by atoms with Crippen molar-refractivity contribution in [3.8, 4) is 6.07 Å². The summed E-state index contributed by atoms with van der Waals surface area (Å²) < 4.78 is 59.4. The maximum Gasteiger partial charge on any atom is 0.425 e. The molecule has 2 aromatic rings. The van der Waals surface area contributed by atoms with Gasteiger partial charge in [-0.05, 0) is 25.1 Å². The van der Waals surface area contributed by atoms with E-state index in [1.807, 2.05) is 0 Å². The van der Waals surface area contributed by atoms with E-state index in [0.29, 0.717) is 0 Å². The first kappa shape index (κ1) is 24.6. The molecule has 15 heteroatoms. The average molecular weight is 501 g/mol. The van der Waals surface area contributed by atoms with E-state index in [-0.39, 0.29) is 22.1 Å². The topological polar surface area (TPSA) is 150 Å². The highest BCUT2D eigenvalue weighted by atomic mass is 35.5. The number of nitriles is 1. The molecular formula is C19H13ClF4N6O4. The number of pyridine rings is 2. The summed E-state index contributed by atoms with van der Waals surface area (Å²) in [4.78, 5) is 34.8. The number of ether oxygens (including phenoxy) is 1. The lowest BCUT2D eigenvalue weighted by atomic mass is 9.89. The van der Waals surface area contributed by atoms with E-state index in [9.17, 15) is 27.2 Å². The van der Waals surface area contributed by atoms with E-state index < -0.39 is 53.8 Å². The van der Waals surface area contributed by atoms with Gasteiger partial charge in [-0.2, -0.15) is 18.4 Å². The van der Waals surface area contributed by atoms with E-state index in [1.54, 1.807) is 11.4 Å². The molecular weight excluding hydrogens is 488 g/mol. The van der Waals surface area contributed by atoms with Crippen molar-refractivity contribution in [3.63, 3.8) is 0 Å². The van der Waals surface area contributed by atoms with Gasteiger partial charge in [0.15, 0.2) is 6.10 Å². The molecule has 10 nitrogen and oxygen atoms in total. The minimum Gasteiger partial charge on any atom is -0.465 e. The number of alkyl halides is 3. The van der Waals surface area contributed by atoms with Gasteiger partial charge in [-0.25, -0.2) is 29.5 Å². The summed E-state index contributed by atoms with van der Waals surface area (Å²) in [6, 6.07) is 3.87. The van der Waals surface area contributed by atoms with Crippen LogP contribution in [-0.2, 0) is 10.3 Å². The summed E-state index contributed by atoms with van der Waals surface area (Å²) in [7, 11) is 0. The second-order valence-corrected chi connectivity index (χ2v) is 7.53. The number of amides is 2. The number of rotatable bonds is 3. The molecule has 34 heavy (non-hydrogen) atoms. The highest BCUT2D eigenvalue weighted by molar-refractivity contribution is 6.34. The molecule has 0 spiro atoms. The number of aromatic nitrogens is 2. The molecule has 3 heterocycles. The molecule has 0 unspecified atom stereocenters. The molecule has 3 rings (SSSR count). The minimum atomic E-state index is -4.93. The van der Waals surface area contributed by atoms with Crippen LogP contribution in [0, 0.1) is 17.1 Å². The fraction of sp³-hybridized carbons (Fsp3) is 0.263. The standard InChI is InChI=1S/C19H13ClF4N6O4/c1-18(5-11(19(22,23)24)34-16(30-18)29-17(32)33)14-10(21)2-3-12(27-14)28-15(31)13-9(20)4-8(6-25)7-26-13/h2-4,7,11H,5H2,1H3,(H,29,30)(H,32,33)(H,27,28,31)/t11-,18-/m0/s1. The maximum absolute atomic E-state index is 14.7. The van der Waals surface area contributed by atoms with Gasteiger partial charge in [-0.1, -0.05) is 11.6 Å². The van der Waals surface area contributed by atoms with Crippen molar-refractivity contribution in [2.45, 2.75) is 31.2 Å². The van der Waals surface area contributed by atoms with Crippen LogP contribution in [0.4, 0.5) is 28.2 Å². The summed E-state index contributed by atoms with van der Waals surface area (Å²) in [6.45, 7) is 1.11. The van der Waals surface area contributed by atoms with Crippen LogP contribution < -0.4 is 10.6 Å². The predicted molar refractivity (Wildman–Crippen MR) is 108 cm³/mol. The van der Waals surface area contributed by atoms with Gasteiger partial charge < -0.3 is 15.2 Å². The predicted octanol–water partition coefficient (Wildman–Crippen LogP) is 3.58. The zero-order chi connectivity index (χ0) is 25.3. The summed E-state index contributed by atoms with van der Waals surface area (Å²) in [5, 5.41) is 21.4. The number of nitrogens with one attached hydrogen (secondary N) is 2. The van der Waals surface area contributed by atoms with Crippen molar-refractivity contribution in [1.29, 1.82) is 5.26 Å². The Morgan fingerprint density at radius 1 is 1.35 bits per heavy atom. The molecule has 1 aliphatic rings. The van der Waals surface area contributed by atoms with Crippen molar-refractivity contribution < 1.29 is 37.0 Å². The largest absolute Gasteiger partial charge is 0.465 e. The van der Waals surface area contributed by atoms with Gasteiger partial charge in [0.25, 0.3) is 11.9 Å². The normalized spacial score (nSPS) is 19.9. The van der Waals surface area contributed by atoms with E-state index in [0.717, 1.165) is 25.3 Å². The molecule has 0 radical (unpaired) electrons. The van der Waals surface area contributed by atoms with Crippen molar-refractivity contribution in [2.75, 3.05) is 5.32 Å². The summed E-state index contributed by atoms with van der Waals surface area (Å²) in [6.07, 6.45) is -9.02. The minimum absolute atomic E-state index is 0.0963. The van der Waals surface area contributed by atoms with Crippen LogP contribution in [0.3, 0.4) is 0 Å². The van der Waals surface area contributed by atoms with Crippen molar-refractivity contribution >= 4 is 35.4 Å². The summed E-state index contributed by atoms with van der Waals surface area (Å²) >= 11 is 5.94. The smallest absolute Gasteiger partial charge is 0.425 e. The lowest BCUT2D eigenvalue weighted by Gasteiger charge is -2.35. The van der Waals surface area contributed by atoms with Crippen LogP contribution in [0.5, 0.6) is 0 Å². The number of nitrogens with zero attached hydrogens (tertiary/aromatic N) is 4. The van der Waals surface area contributed by atoms with Gasteiger partial charge in [0.2, 0.25) is 0 Å². The average Bonchev–Trinajstić information content (AvgIpc) is 2.73. The third-order valence-electron chi connectivity index (χ3n) is 4.55. The number of anilines is 1. The first-order chi connectivity index (χ1) is 15.8. The molecule has 0 saturated heterocycles. The Labute approximate surface area is 193 Å². The lowest BCUT2D eigenvalue weighted by molar-refractivity contribution is -0.208. The van der Waals surface area contributed by atoms with Crippen LogP contribution >= 0.6 is 11.6 Å². The number of halogens is 5. The SMILES string of the molecule is C[C@@]1(c2nc(NC(=O)c3ncc(C#N)cc3Cl)ccc2F)C[C@@H](C(F)(F)F)OC(NC(=O)O)=N1. The van der Waals surface area contributed by atoms with Crippen LogP contribution in [0.15, 0.2) is 29.4 Å². The first-order valence-corrected chi connectivity index (χ1v) is 9.57. The molecule has 0 aliphatic carbocycles. The van der Waals surface area contributed by atoms with Crippen LogP contribution in [0.1, 0.15) is 35.1 Å². The Balaban J connectivity index is 1.97. The van der Waals surface area contributed by atoms with Gasteiger partial charge in [-0.3, -0.25) is 4.79 Å². The Bertz CT molecular complexity index is 1230. The van der Waals surface area contributed by atoms with Gasteiger partial charge >= 0.3 is 12.3 Å². The summed E-state index contributed by atoms with van der Waals surface area (Å²) in [5.74, 6) is -2.22. The van der Waals surface area contributed by atoms with E-state index in [1.165, 1.54) is 6.07 Å². The van der Waals surface area contributed by atoms with Crippen molar-refractivity contribution in [3.05, 3.63) is 52.2 Å². The van der Waals surface area contributed by atoms with Crippen LogP contribution in [-0.4, -0.2) is 45.4 Å². The van der Waals surface area contributed by atoms with Gasteiger partial charge in [0.05, 0.1) is 10.6 Å². The van der Waals surface area contributed by atoms with E-state index >= 15 is 0 Å². The molecule has 0 saturated carbocycles. The highest BCUT2D eigenvalue weighted by Crippen LogP contribution is 2.40. The van der Waals surface area contributed by atoms with Crippen LogP contribution in [0.2, 0.25) is 5.02 Å². The molecule has 0 fully saturated rings. The molecule has 1 aliphatic heterocycles. The molecule has 2 aromatic heterocycles. The third kappa shape index (κ3) is 5.31. The zero-order valence-corrected chi connectivity index (χ0v) is 17.7. The van der Waals surface area contributed by atoms with Gasteiger partial charge in [0.1, 0.15) is 34.6 Å². The monoisotopic (exact) mass is 500 g/mol. The number of carbonyl (C=O) groups is 2. The number of carbonyl (C=O) groups excluding carboxylic acids is 1. The number of aliphatic imine (C=N–C) groups is 1. The highest BCUT2D eigenvalue weighted by Gasteiger charge is 2.51. The second-order valence-electron chi connectivity index (χ2n) is 7.12. The molecule has 0 aromatic carbocycles. The Morgan fingerprint density at radius 2 is 2.06 bits per heavy atom. The van der Waals surface area contributed by atoms with E-state index in [4.69, 9.17) is 22.0 Å². The molecule has 2 amide bonds. The third-order valence-corrected chi connectivity index (χ3v) is 4.84. The molecule has 178 valence electrons. The fourth-order valence-corrected chi connectivity index (χ4v) is 3.30. The van der Waals surface area contributed by atoms with E-state index in [2.05, 4.69) is 25.0 Å². The quantitative estimate of drug-likeness (QED) is 0.545. The van der Waals surface area contributed by atoms with Gasteiger partial charge in [0, 0.05) is 12.6 Å². The Kier molecular flexibility index (Phi) is 6.60. The Hall–Kier alpha value is -3.99. The number of hydrogen-bond acceptors (Lipinski definition) is 7. The first-order valence-electron chi connectivity index (χ1n) is 9.19. The summed E-state index contributed by atoms with van der Waals surface area (Å²) in [5.41, 5.74) is -2.81. The zero-order valence-electron chi connectivity index (χ0n) is 16.9. The van der Waals surface area contributed by atoms with Crippen LogP contribution in [0.25, 0.3) is 0 Å². The van der Waals surface area contributed by atoms with Gasteiger partial charge in [-0.15, -0.1) is 0 Å². The number of carboxylic acid groups (broad SMARTS) is 1. The lowest BCUT2D eigenvalue weighted by Crippen LogP contribution is -2.48. The number of amidine groups is 1. The molecule has 0 bridgehead atoms. The molecule has 3 N–H and O–H groups in total.